The molecule has 4 nitrogen and oxygen atoms in total. The van der Waals surface area contributed by atoms with Crippen LogP contribution in [0.1, 0.15) is 24.5 Å². The summed E-state index contributed by atoms with van der Waals surface area (Å²) >= 11 is 0. The van der Waals surface area contributed by atoms with Gasteiger partial charge in [0.1, 0.15) is 5.75 Å². The maximum absolute atomic E-state index is 13.2. The number of aryl methyl sites for hydroxylation is 1. The molecular formula is C21H23NO3S. The predicted octanol–water partition coefficient (Wildman–Crippen LogP) is 3.87. The van der Waals surface area contributed by atoms with Crippen LogP contribution in [0.4, 0.5) is 0 Å². The zero-order chi connectivity index (χ0) is 18.6. The Morgan fingerprint density at radius 1 is 1.08 bits per heavy atom. The third kappa shape index (κ3) is 2.37. The lowest BCUT2D eigenvalue weighted by Crippen LogP contribution is -2.39. The van der Waals surface area contributed by atoms with E-state index in [0.717, 1.165) is 23.3 Å². The van der Waals surface area contributed by atoms with E-state index in [4.69, 9.17) is 4.74 Å². The van der Waals surface area contributed by atoms with Crippen LogP contribution in [0.2, 0.25) is 0 Å². The van der Waals surface area contributed by atoms with Gasteiger partial charge in [-0.05, 0) is 48.1 Å². The number of fused-ring (bicyclic) bond motifs is 1. The summed E-state index contributed by atoms with van der Waals surface area (Å²) in [6.07, 6.45) is 4.75. The molecule has 4 rings (SSSR count). The molecule has 0 amide bonds. The maximum Gasteiger partial charge on any atom is 0.264 e. The first kappa shape index (κ1) is 17.2. The molecule has 5 heteroatoms. The number of ether oxygens (including phenoxy) is 1. The standard InChI is InChI=1S/C21H23NO3S/c1-16-6-4-5-7-19(16)26(23,24)22-13-12-20(2)14-21(20,15-22)17-8-10-18(25-3)11-9-17/h4-13H,14-15H2,1-3H3. The van der Waals surface area contributed by atoms with Gasteiger partial charge in [0.2, 0.25) is 0 Å². The molecule has 1 aliphatic heterocycles. The van der Waals surface area contributed by atoms with Gasteiger partial charge in [0, 0.05) is 18.2 Å². The van der Waals surface area contributed by atoms with E-state index in [1.54, 1.807) is 25.4 Å². The van der Waals surface area contributed by atoms with Crippen molar-refractivity contribution in [3.05, 3.63) is 71.9 Å². The number of benzene rings is 2. The van der Waals surface area contributed by atoms with Gasteiger partial charge in [-0.15, -0.1) is 0 Å². The monoisotopic (exact) mass is 369 g/mol. The summed E-state index contributed by atoms with van der Waals surface area (Å²) in [5.74, 6) is 0.809. The smallest absolute Gasteiger partial charge is 0.264 e. The van der Waals surface area contributed by atoms with Gasteiger partial charge >= 0.3 is 0 Å². The fourth-order valence-corrected chi connectivity index (χ4v) is 5.76. The Morgan fingerprint density at radius 2 is 1.77 bits per heavy atom. The number of rotatable bonds is 4. The minimum atomic E-state index is -3.56. The Balaban J connectivity index is 1.72. The van der Waals surface area contributed by atoms with E-state index >= 15 is 0 Å². The highest BCUT2D eigenvalue weighted by atomic mass is 32.2. The average Bonchev–Trinajstić information content (AvgIpc) is 3.28. The van der Waals surface area contributed by atoms with Gasteiger partial charge in [-0.2, -0.15) is 0 Å². The van der Waals surface area contributed by atoms with Crippen LogP contribution in [0, 0.1) is 12.3 Å². The lowest BCUT2D eigenvalue weighted by Gasteiger charge is -2.33. The van der Waals surface area contributed by atoms with Crippen molar-refractivity contribution in [2.75, 3.05) is 13.7 Å². The Labute approximate surface area is 155 Å². The summed E-state index contributed by atoms with van der Waals surface area (Å²) in [4.78, 5) is 0.374. The van der Waals surface area contributed by atoms with Crippen molar-refractivity contribution in [3.8, 4) is 5.75 Å². The Bertz CT molecular complexity index is 981. The fourth-order valence-electron chi connectivity index (χ4n) is 4.17. The zero-order valence-electron chi connectivity index (χ0n) is 15.3. The van der Waals surface area contributed by atoms with Crippen LogP contribution in [-0.2, 0) is 15.4 Å². The lowest BCUT2D eigenvalue weighted by molar-refractivity contribution is 0.390. The number of allylic oxidation sites excluding steroid dienone is 1. The van der Waals surface area contributed by atoms with E-state index in [0.29, 0.717) is 11.4 Å². The van der Waals surface area contributed by atoms with Crippen LogP contribution >= 0.6 is 0 Å². The number of hydrogen-bond donors (Lipinski definition) is 0. The second-order valence-electron chi connectivity index (χ2n) is 7.54. The highest BCUT2D eigenvalue weighted by Crippen LogP contribution is 2.67. The van der Waals surface area contributed by atoms with Crippen molar-refractivity contribution < 1.29 is 13.2 Å². The quantitative estimate of drug-likeness (QED) is 0.822. The minimum absolute atomic E-state index is 0.000654. The molecule has 2 unspecified atom stereocenters. The summed E-state index contributed by atoms with van der Waals surface area (Å²) < 4.78 is 33.2. The molecule has 0 aromatic heterocycles. The highest BCUT2D eigenvalue weighted by Gasteiger charge is 2.66. The molecule has 0 radical (unpaired) electrons. The topological polar surface area (TPSA) is 46.6 Å². The van der Waals surface area contributed by atoms with Crippen molar-refractivity contribution in [1.29, 1.82) is 0 Å². The van der Waals surface area contributed by atoms with Gasteiger partial charge in [0.25, 0.3) is 10.0 Å². The van der Waals surface area contributed by atoms with Crippen LogP contribution in [0.15, 0.2) is 65.7 Å². The molecule has 1 heterocycles. The molecule has 0 saturated heterocycles. The molecule has 2 aromatic rings. The number of sulfonamides is 1. The van der Waals surface area contributed by atoms with Crippen LogP contribution in [0.25, 0.3) is 0 Å². The van der Waals surface area contributed by atoms with E-state index < -0.39 is 10.0 Å². The molecule has 0 bridgehead atoms. The van der Waals surface area contributed by atoms with E-state index in [2.05, 4.69) is 25.1 Å². The summed E-state index contributed by atoms with van der Waals surface area (Å²) in [7, 11) is -1.92. The largest absolute Gasteiger partial charge is 0.497 e. The normalized spacial score (nSPS) is 27.1. The molecule has 2 aromatic carbocycles. The van der Waals surface area contributed by atoms with E-state index in [1.807, 2.05) is 31.2 Å². The van der Waals surface area contributed by atoms with Crippen LogP contribution in [0.5, 0.6) is 5.75 Å². The SMILES string of the molecule is COc1ccc(C23CN(S(=O)(=O)c4ccccc4C)C=CC2(C)C3)cc1. The first-order valence-electron chi connectivity index (χ1n) is 8.74. The average molecular weight is 369 g/mol. The molecule has 26 heavy (non-hydrogen) atoms. The van der Waals surface area contributed by atoms with Gasteiger partial charge in [-0.3, -0.25) is 4.31 Å². The zero-order valence-corrected chi connectivity index (χ0v) is 16.1. The lowest BCUT2D eigenvalue weighted by atomic mass is 9.85. The first-order valence-corrected chi connectivity index (χ1v) is 10.2. The second kappa shape index (κ2) is 5.61. The van der Waals surface area contributed by atoms with Crippen molar-refractivity contribution in [2.45, 2.75) is 30.6 Å². The first-order chi connectivity index (χ1) is 12.3. The summed E-state index contributed by atoms with van der Waals surface area (Å²) in [6.45, 7) is 4.50. The number of hydrogen-bond acceptors (Lipinski definition) is 3. The van der Waals surface area contributed by atoms with Gasteiger partial charge in [0.05, 0.1) is 12.0 Å². The third-order valence-electron chi connectivity index (χ3n) is 5.99. The Kier molecular flexibility index (Phi) is 3.70. The van der Waals surface area contributed by atoms with E-state index in [1.165, 1.54) is 4.31 Å². The molecule has 1 saturated carbocycles. The highest BCUT2D eigenvalue weighted by molar-refractivity contribution is 7.89. The summed E-state index contributed by atoms with van der Waals surface area (Å²) in [5.41, 5.74) is 1.75. The molecule has 2 atom stereocenters. The van der Waals surface area contributed by atoms with Crippen molar-refractivity contribution >= 4 is 10.0 Å². The maximum atomic E-state index is 13.2. The van der Waals surface area contributed by atoms with Crippen LogP contribution in [-0.4, -0.2) is 26.4 Å². The Hall–Kier alpha value is -2.27. The molecule has 0 N–H and O–H groups in total. The summed E-state index contributed by atoms with van der Waals surface area (Å²) in [5, 5.41) is 0. The van der Waals surface area contributed by atoms with Gasteiger partial charge in [-0.25, -0.2) is 8.42 Å². The fraction of sp³-hybridized carbons (Fsp3) is 0.333. The van der Waals surface area contributed by atoms with Gasteiger partial charge < -0.3 is 4.74 Å². The molecule has 2 aliphatic rings. The third-order valence-corrected chi connectivity index (χ3v) is 7.88. The van der Waals surface area contributed by atoms with Crippen LogP contribution < -0.4 is 4.74 Å². The Morgan fingerprint density at radius 3 is 2.42 bits per heavy atom. The van der Waals surface area contributed by atoms with Crippen molar-refractivity contribution in [3.63, 3.8) is 0 Å². The predicted molar refractivity (Wildman–Crippen MR) is 102 cm³/mol. The van der Waals surface area contributed by atoms with E-state index in [9.17, 15) is 8.42 Å². The van der Waals surface area contributed by atoms with Crippen molar-refractivity contribution in [1.82, 2.24) is 4.31 Å². The molecular weight excluding hydrogens is 346 g/mol. The van der Waals surface area contributed by atoms with E-state index in [-0.39, 0.29) is 10.8 Å². The molecule has 1 aliphatic carbocycles. The van der Waals surface area contributed by atoms with Gasteiger partial charge in [0.15, 0.2) is 0 Å². The number of nitrogens with zero attached hydrogens (tertiary/aromatic N) is 1. The van der Waals surface area contributed by atoms with Crippen molar-refractivity contribution in [2.24, 2.45) is 5.41 Å². The number of methoxy groups -OCH3 is 1. The molecule has 0 spiro atoms. The minimum Gasteiger partial charge on any atom is -0.497 e. The van der Waals surface area contributed by atoms with Gasteiger partial charge in [-0.1, -0.05) is 43.3 Å². The second-order valence-corrected chi connectivity index (χ2v) is 9.40. The molecule has 136 valence electrons. The molecule has 1 fully saturated rings. The van der Waals surface area contributed by atoms with Crippen LogP contribution in [0.3, 0.4) is 0 Å². The summed E-state index contributed by atoms with van der Waals surface area (Å²) in [6, 6.07) is 15.2.